The van der Waals surface area contributed by atoms with Gasteiger partial charge in [-0.2, -0.15) is 0 Å². The van der Waals surface area contributed by atoms with E-state index in [1.807, 2.05) is 12.1 Å². The molecule has 0 aliphatic rings. The van der Waals surface area contributed by atoms with Crippen LogP contribution in [0.4, 0.5) is 0 Å². The van der Waals surface area contributed by atoms with E-state index < -0.39 is 10.0 Å². The van der Waals surface area contributed by atoms with Gasteiger partial charge in [0, 0.05) is 16.3 Å². The Morgan fingerprint density at radius 2 is 1.64 bits per heavy atom. The third kappa shape index (κ3) is 2.19. The zero-order valence-electron chi connectivity index (χ0n) is 11.4. The second-order valence-electron chi connectivity index (χ2n) is 4.71. The van der Waals surface area contributed by atoms with Crippen molar-refractivity contribution in [1.29, 1.82) is 0 Å². The Kier molecular flexibility index (Phi) is 3.88. The maximum atomic E-state index is 12.9. The van der Waals surface area contributed by atoms with E-state index in [1.54, 1.807) is 30.3 Å². The van der Waals surface area contributed by atoms with Crippen molar-refractivity contribution in [2.45, 2.75) is 10.2 Å². The molecule has 0 amide bonds. The molecular formula is C16H12BrNO3S. The fraction of sp³-hybridized carbons (Fsp3) is 0.0625. The maximum absolute atomic E-state index is 12.9. The number of fused-ring (bicyclic) bond motifs is 1. The Balaban J connectivity index is 2.43. The maximum Gasteiger partial charge on any atom is 0.268 e. The van der Waals surface area contributed by atoms with E-state index >= 15 is 0 Å². The summed E-state index contributed by atoms with van der Waals surface area (Å²) < 4.78 is 27.0. The van der Waals surface area contributed by atoms with Gasteiger partial charge in [-0.1, -0.05) is 52.3 Å². The van der Waals surface area contributed by atoms with Gasteiger partial charge >= 0.3 is 0 Å². The smallest absolute Gasteiger partial charge is 0.268 e. The molecular weight excluding hydrogens is 366 g/mol. The van der Waals surface area contributed by atoms with Crippen molar-refractivity contribution in [2.24, 2.45) is 0 Å². The van der Waals surface area contributed by atoms with Gasteiger partial charge in [0.15, 0.2) is 6.29 Å². The van der Waals surface area contributed by atoms with Crippen molar-refractivity contribution >= 4 is 43.1 Å². The second kappa shape index (κ2) is 5.70. The number of aromatic nitrogens is 1. The predicted molar refractivity (Wildman–Crippen MR) is 89.0 cm³/mol. The lowest BCUT2D eigenvalue weighted by Gasteiger charge is -2.09. The van der Waals surface area contributed by atoms with Crippen LogP contribution in [-0.2, 0) is 15.4 Å². The number of benzene rings is 2. The molecule has 0 saturated carbocycles. The minimum Gasteiger partial charge on any atom is -0.296 e. The van der Waals surface area contributed by atoms with Crippen LogP contribution in [0.5, 0.6) is 0 Å². The molecule has 0 spiro atoms. The van der Waals surface area contributed by atoms with Crippen LogP contribution in [0.1, 0.15) is 16.1 Å². The molecule has 22 heavy (non-hydrogen) atoms. The summed E-state index contributed by atoms with van der Waals surface area (Å²) in [4.78, 5) is 11.7. The molecule has 3 aromatic rings. The average molecular weight is 378 g/mol. The lowest BCUT2D eigenvalue weighted by molar-refractivity contribution is 0.111. The number of carbonyl (C=O) groups excluding carboxylic acids is 1. The lowest BCUT2D eigenvalue weighted by atomic mass is 10.1. The molecule has 0 aliphatic heterocycles. The average Bonchev–Trinajstić information content (AvgIpc) is 2.89. The van der Waals surface area contributed by atoms with Crippen LogP contribution in [-0.4, -0.2) is 18.7 Å². The van der Waals surface area contributed by atoms with Crippen LogP contribution in [0.2, 0.25) is 0 Å². The van der Waals surface area contributed by atoms with E-state index in [-0.39, 0.29) is 10.6 Å². The van der Waals surface area contributed by atoms with Gasteiger partial charge in [-0.05, 0) is 18.2 Å². The summed E-state index contributed by atoms with van der Waals surface area (Å²) in [6.45, 7) is 0. The molecule has 3 rings (SSSR count). The molecule has 0 aliphatic carbocycles. The summed E-state index contributed by atoms with van der Waals surface area (Å²) in [5, 5.41) is 1.15. The lowest BCUT2D eigenvalue weighted by Crippen LogP contribution is -2.15. The van der Waals surface area contributed by atoms with E-state index in [0.717, 1.165) is 9.36 Å². The van der Waals surface area contributed by atoms with Gasteiger partial charge in [0.25, 0.3) is 10.0 Å². The van der Waals surface area contributed by atoms with E-state index in [1.165, 1.54) is 12.1 Å². The second-order valence-corrected chi connectivity index (χ2v) is 7.06. The number of halogens is 1. The highest BCUT2D eigenvalue weighted by atomic mass is 79.9. The molecule has 0 saturated heterocycles. The number of nitrogens with zero attached hydrogens (tertiary/aromatic N) is 1. The molecule has 112 valence electrons. The van der Waals surface area contributed by atoms with Crippen molar-refractivity contribution in [1.82, 2.24) is 3.97 Å². The van der Waals surface area contributed by atoms with E-state index in [4.69, 9.17) is 0 Å². The van der Waals surface area contributed by atoms with Gasteiger partial charge in [-0.25, -0.2) is 12.4 Å². The standard InChI is InChI=1S/C16H12BrNO3S/c17-10-14-13-8-4-5-9-15(13)18(16(14)11-19)22(20,21)12-6-2-1-3-7-12/h1-9,11H,10H2. The molecule has 6 heteroatoms. The SMILES string of the molecule is O=Cc1c(CBr)c2ccccc2n1S(=O)(=O)c1ccccc1. The van der Waals surface area contributed by atoms with Crippen molar-refractivity contribution in [2.75, 3.05) is 0 Å². The molecule has 0 bridgehead atoms. The van der Waals surface area contributed by atoms with Crippen LogP contribution < -0.4 is 0 Å². The normalized spacial score (nSPS) is 11.7. The minimum atomic E-state index is -3.83. The van der Waals surface area contributed by atoms with E-state index in [9.17, 15) is 13.2 Å². The van der Waals surface area contributed by atoms with Crippen LogP contribution in [0.15, 0.2) is 59.5 Å². The third-order valence-corrected chi connectivity index (χ3v) is 5.81. The quantitative estimate of drug-likeness (QED) is 0.515. The van der Waals surface area contributed by atoms with Gasteiger partial charge in [-0.3, -0.25) is 4.79 Å². The molecule has 1 heterocycles. The number of aldehydes is 1. The predicted octanol–water partition coefficient (Wildman–Crippen LogP) is 3.59. The molecule has 4 nitrogen and oxygen atoms in total. The Hall–Kier alpha value is -1.92. The van der Waals surface area contributed by atoms with Crippen LogP contribution >= 0.6 is 15.9 Å². The summed E-state index contributed by atoms with van der Waals surface area (Å²) in [5.41, 5.74) is 1.33. The summed E-state index contributed by atoms with van der Waals surface area (Å²) in [5.74, 6) is 0. The molecule has 0 unspecified atom stereocenters. The van der Waals surface area contributed by atoms with Crippen LogP contribution in [0.25, 0.3) is 10.9 Å². The fourth-order valence-corrected chi connectivity index (χ4v) is 4.64. The van der Waals surface area contributed by atoms with Crippen molar-refractivity contribution in [3.63, 3.8) is 0 Å². The third-order valence-electron chi connectivity index (χ3n) is 3.50. The molecule has 1 aromatic heterocycles. The monoisotopic (exact) mass is 377 g/mol. The highest BCUT2D eigenvalue weighted by molar-refractivity contribution is 9.08. The first-order valence-corrected chi connectivity index (χ1v) is 9.11. The molecule has 0 atom stereocenters. The number of rotatable bonds is 4. The summed E-state index contributed by atoms with van der Waals surface area (Å²) in [6.07, 6.45) is 0.594. The summed E-state index contributed by atoms with van der Waals surface area (Å²) in [6, 6.07) is 15.2. The van der Waals surface area contributed by atoms with E-state index in [2.05, 4.69) is 15.9 Å². The Bertz CT molecular complexity index is 946. The molecule has 0 fully saturated rings. The number of hydrogen-bond donors (Lipinski definition) is 0. The van der Waals surface area contributed by atoms with Crippen LogP contribution in [0.3, 0.4) is 0 Å². The minimum absolute atomic E-state index is 0.153. The first kappa shape index (κ1) is 15.0. The van der Waals surface area contributed by atoms with Gasteiger partial charge in [0.1, 0.15) is 5.69 Å². The number of hydrogen-bond acceptors (Lipinski definition) is 3. The largest absolute Gasteiger partial charge is 0.296 e. The van der Waals surface area contributed by atoms with Crippen LogP contribution in [0, 0.1) is 0 Å². The van der Waals surface area contributed by atoms with Gasteiger partial charge in [0.2, 0.25) is 0 Å². The number of carbonyl (C=O) groups is 1. The molecule has 0 N–H and O–H groups in total. The Labute approximate surface area is 136 Å². The zero-order valence-corrected chi connectivity index (χ0v) is 13.8. The highest BCUT2D eigenvalue weighted by Crippen LogP contribution is 2.30. The fourth-order valence-electron chi connectivity index (χ4n) is 2.51. The van der Waals surface area contributed by atoms with Crippen molar-refractivity contribution in [3.8, 4) is 0 Å². The van der Waals surface area contributed by atoms with E-state index in [0.29, 0.717) is 22.7 Å². The number of alkyl halides is 1. The summed E-state index contributed by atoms with van der Waals surface area (Å²) in [7, 11) is -3.83. The zero-order chi connectivity index (χ0) is 15.7. The topological polar surface area (TPSA) is 56.1 Å². The first-order chi connectivity index (χ1) is 10.6. The van der Waals surface area contributed by atoms with Gasteiger partial charge in [-0.15, -0.1) is 0 Å². The molecule has 2 aromatic carbocycles. The Morgan fingerprint density at radius 1 is 1.00 bits per heavy atom. The summed E-state index contributed by atoms with van der Waals surface area (Å²) >= 11 is 3.34. The number of para-hydroxylation sites is 1. The van der Waals surface area contributed by atoms with Crippen molar-refractivity contribution < 1.29 is 13.2 Å². The van der Waals surface area contributed by atoms with Gasteiger partial charge < -0.3 is 0 Å². The first-order valence-electron chi connectivity index (χ1n) is 6.55. The molecule has 0 radical (unpaired) electrons. The Morgan fingerprint density at radius 3 is 2.27 bits per heavy atom. The highest BCUT2D eigenvalue weighted by Gasteiger charge is 2.25. The van der Waals surface area contributed by atoms with Gasteiger partial charge in [0.05, 0.1) is 10.4 Å². The van der Waals surface area contributed by atoms with Crippen molar-refractivity contribution in [3.05, 3.63) is 65.9 Å².